The van der Waals surface area contributed by atoms with E-state index in [-0.39, 0.29) is 18.2 Å². The van der Waals surface area contributed by atoms with Crippen LogP contribution >= 0.6 is 0 Å². The van der Waals surface area contributed by atoms with Crippen molar-refractivity contribution in [2.24, 2.45) is 7.05 Å². The summed E-state index contributed by atoms with van der Waals surface area (Å²) in [6.45, 7) is 0.697. The van der Waals surface area contributed by atoms with Crippen molar-refractivity contribution in [3.63, 3.8) is 0 Å². The number of fused-ring (bicyclic) bond motifs is 1. The Balaban J connectivity index is 1.26. The lowest BCUT2D eigenvalue weighted by atomic mass is 10.1. The highest BCUT2D eigenvalue weighted by Crippen LogP contribution is 2.14. The first kappa shape index (κ1) is 20.6. The summed E-state index contributed by atoms with van der Waals surface area (Å²) >= 11 is 0. The highest BCUT2D eigenvalue weighted by Gasteiger charge is 2.38. The predicted octanol–water partition coefficient (Wildman–Crippen LogP) is 1.79. The molecule has 0 spiro atoms. The predicted molar refractivity (Wildman–Crippen MR) is 116 cm³/mol. The third-order valence-corrected chi connectivity index (χ3v) is 5.51. The van der Waals surface area contributed by atoms with Crippen LogP contribution in [0.15, 0.2) is 54.6 Å². The Morgan fingerprint density at radius 3 is 2.58 bits per heavy atom. The molecule has 0 unspecified atom stereocenters. The standard InChI is InChI=1S/C23H25N5O3/c1-27-19-10-6-5-9-17(19)25-20(27)11-13-24-21(29)15-18-22(30)28(23(31)26-18)14-12-16-7-3-2-4-8-16/h2-10,18H,11-15H2,1H3,(H,24,29)(H,26,31)/t18-/m0/s1. The summed E-state index contributed by atoms with van der Waals surface area (Å²) < 4.78 is 2.01. The summed E-state index contributed by atoms with van der Waals surface area (Å²) in [5, 5.41) is 5.44. The number of hydrogen-bond donors (Lipinski definition) is 2. The fraction of sp³-hybridized carbons (Fsp3) is 0.304. The zero-order valence-corrected chi connectivity index (χ0v) is 17.4. The molecule has 4 amide bonds. The van der Waals surface area contributed by atoms with Crippen LogP contribution in [0.3, 0.4) is 0 Å². The summed E-state index contributed by atoms with van der Waals surface area (Å²) in [4.78, 5) is 42.8. The minimum absolute atomic E-state index is 0.0745. The monoisotopic (exact) mass is 419 g/mol. The first-order valence-electron chi connectivity index (χ1n) is 10.4. The Morgan fingerprint density at radius 1 is 1.06 bits per heavy atom. The lowest BCUT2D eigenvalue weighted by Gasteiger charge is -2.13. The van der Waals surface area contributed by atoms with Gasteiger partial charge in [-0.05, 0) is 24.1 Å². The van der Waals surface area contributed by atoms with Gasteiger partial charge in [-0.2, -0.15) is 0 Å². The molecule has 1 fully saturated rings. The number of hydrogen-bond acceptors (Lipinski definition) is 4. The Bertz CT molecular complexity index is 1110. The number of rotatable bonds is 8. The Hall–Kier alpha value is -3.68. The summed E-state index contributed by atoms with van der Waals surface area (Å²) in [6, 6.07) is 16.3. The second-order valence-corrected chi connectivity index (χ2v) is 7.61. The average Bonchev–Trinajstić information content (AvgIpc) is 3.23. The number of imide groups is 1. The number of nitrogens with one attached hydrogen (secondary N) is 2. The van der Waals surface area contributed by atoms with Crippen molar-refractivity contribution < 1.29 is 14.4 Å². The molecule has 1 aliphatic heterocycles. The van der Waals surface area contributed by atoms with Crippen molar-refractivity contribution >= 4 is 28.9 Å². The molecule has 1 aromatic heterocycles. The van der Waals surface area contributed by atoms with Gasteiger partial charge in [-0.3, -0.25) is 14.5 Å². The maximum Gasteiger partial charge on any atom is 0.324 e. The number of imidazole rings is 1. The van der Waals surface area contributed by atoms with Crippen molar-refractivity contribution in [3.05, 3.63) is 66.0 Å². The molecule has 4 rings (SSSR count). The first-order valence-corrected chi connectivity index (χ1v) is 10.4. The summed E-state index contributed by atoms with van der Waals surface area (Å²) in [6.07, 6.45) is 1.08. The smallest absolute Gasteiger partial charge is 0.324 e. The minimum atomic E-state index is -0.820. The van der Waals surface area contributed by atoms with Gasteiger partial charge in [0, 0.05) is 26.6 Å². The molecule has 1 aliphatic rings. The second-order valence-electron chi connectivity index (χ2n) is 7.61. The fourth-order valence-electron chi connectivity index (χ4n) is 3.80. The normalized spacial score (nSPS) is 16.0. The van der Waals surface area contributed by atoms with Crippen LogP contribution in [0.4, 0.5) is 4.79 Å². The molecule has 8 nitrogen and oxygen atoms in total. The topological polar surface area (TPSA) is 96.3 Å². The highest BCUT2D eigenvalue weighted by atomic mass is 16.2. The van der Waals surface area contributed by atoms with Crippen LogP contribution in [0.1, 0.15) is 17.8 Å². The van der Waals surface area contributed by atoms with Crippen LogP contribution < -0.4 is 10.6 Å². The SMILES string of the molecule is Cn1c(CCNC(=O)C[C@@H]2NC(=O)N(CCc3ccccc3)C2=O)nc2ccccc21. The van der Waals surface area contributed by atoms with E-state index in [0.717, 1.165) is 22.4 Å². The summed E-state index contributed by atoms with van der Waals surface area (Å²) in [7, 11) is 1.95. The van der Waals surface area contributed by atoms with Crippen LogP contribution in [0.25, 0.3) is 11.0 Å². The summed E-state index contributed by atoms with van der Waals surface area (Å²) in [5.41, 5.74) is 3.01. The number of nitrogens with zero attached hydrogens (tertiary/aromatic N) is 3. The molecule has 3 aromatic rings. The fourth-order valence-corrected chi connectivity index (χ4v) is 3.80. The van der Waals surface area contributed by atoms with E-state index >= 15 is 0 Å². The van der Waals surface area contributed by atoms with E-state index in [1.807, 2.05) is 66.2 Å². The van der Waals surface area contributed by atoms with E-state index in [1.165, 1.54) is 4.90 Å². The Kier molecular flexibility index (Phi) is 5.97. The Labute approximate surface area is 180 Å². The van der Waals surface area contributed by atoms with Crippen molar-refractivity contribution in [2.75, 3.05) is 13.1 Å². The van der Waals surface area contributed by atoms with Gasteiger partial charge in [-0.1, -0.05) is 42.5 Å². The van der Waals surface area contributed by atoms with Gasteiger partial charge >= 0.3 is 6.03 Å². The molecule has 0 aliphatic carbocycles. The zero-order valence-electron chi connectivity index (χ0n) is 17.4. The minimum Gasteiger partial charge on any atom is -0.356 e. The molecule has 8 heteroatoms. The molecule has 0 bridgehead atoms. The van der Waals surface area contributed by atoms with Gasteiger partial charge in [0.2, 0.25) is 5.91 Å². The van der Waals surface area contributed by atoms with E-state index in [0.29, 0.717) is 25.9 Å². The molecular formula is C23H25N5O3. The van der Waals surface area contributed by atoms with E-state index in [1.54, 1.807) is 0 Å². The van der Waals surface area contributed by atoms with Crippen LogP contribution in [0, 0.1) is 0 Å². The molecule has 0 saturated carbocycles. The van der Waals surface area contributed by atoms with Crippen LogP contribution in [0.5, 0.6) is 0 Å². The molecule has 1 saturated heterocycles. The second kappa shape index (κ2) is 8.99. The number of aromatic nitrogens is 2. The molecule has 31 heavy (non-hydrogen) atoms. The van der Waals surface area contributed by atoms with Crippen LogP contribution in [-0.2, 0) is 29.5 Å². The van der Waals surface area contributed by atoms with Gasteiger partial charge < -0.3 is 15.2 Å². The largest absolute Gasteiger partial charge is 0.356 e. The number of amides is 4. The van der Waals surface area contributed by atoms with E-state index < -0.39 is 12.1 Å². The van der Waals surface area contributed by atoms with Crippen molar-refractivity contribution in [3.8, 4) is 0 Å². The van der Waals surface area contributed by atoms with E-state index in [4.69, 9.17) is 0 Å². The molecule has 2 aromatic carbocycles. The van der Waals surface area contributed by atoms with Crippen molar-refractivity contribution in [1.82, 2.24) is 25.1 Å². The first-order chi connectivity index (χ1) is 15.0. The number of urea groups is 1. The third kappa shape index (κ3) is 4.58. The van der Waals surface area contributed by atoms with E-state index in [2.05, 4.69) is 15.6 Å². The van der Waals surface area contributed by atoms with Gasteiger partial charge in [-0.25, -0.2) is 9.78 Å². The molecule has 2 N–H and O–H groups in total. The molecule has 160 valence electrons. The van der Waals surface area contributed by atoms with Crippen molar-refractivity contribution in [2.45, 2.75) is 25.3 Å². The van der Waals surface area contributed by atoms with Gasteiger partial charge in [0.15, 0.2) is 0 Å². The number of benzene rings is 2. The maximum absolute atomic E-state index is 12.6. The van der Waals surface area contributed by atoms with Gasteiger partial charge in [0.1, 0.15) is 11.9 Å². The number of carbonyl (C=O) groups is 3. The van der Waals surface area contributed by atoms with Crippen LogP contribution in [0.2, 0.25) is 0 Å². The lowest BCUT2D eigenvalue weighted by Crippen LogP contribution is -2.37. The quantitative estimate of drug-likeness (QED) is 0.544. The van der Waals surface area contributed by atoms with Gasteiger partial charge in [-0.15, -0.1) is 0 Å². The Morgan fingerprint density at radius 2 is 1.81 bits per heavy atom. The lowest BCUT2D eigenvalue weighted by molar-refractivity contribution is -0.130. The number of carbonyl (C=O) groups excluding carboxylic acids is 3. The van der Waals surface area contributed by atoms with Crippen LogP contribution in [-0.4, -0.2) is 51.4 Å². The van der Waals surface area contributed by atoms with E-state index in [9.17, 15) is 14.4 Å². The van der Waals surface area contributed by atoms with Crippen molar-refractivity contribution in [1.29, 1.82) is 0 Å². The third-order valence-electron chi connectivity index (χ3n) is 5.51. The molecular weight excluding hydrogens is 394 g/mol. The number of aryl methyl sites for hydroxylation is 1. The maximum atomic E-state index is 12.6. The van der Waals surface area contributed by atoms with Gasteiger partial charge in [0.05, 0.1) is 17.5 Å². The molecule has 2 heterocycles. The average molecular weight is 419 g/mol. The zero-order chi connectivity index (χ0) is 21.8. The summed E-state index contributed by atoms with van der Waals surface area (Å²) in [5.74, 6) is 0.243. The molecule has 1 atom stereocenters. The van der Waals surface area contributed by atoms with Gasteiger partial charge in [0.25, 0.3) is 5.91 Å². The highest BCUT2D eigenvalue weighted by molar-refractivity contribution is 6.05. The number of para-hydroxylation sites is 2. The molecule has 0 radical (unpaired) electrons.